The standard InChI is InChI=1S/C19H23F2NO3/c1-3-4-13-10-19(18(9-17(13)23)24-11-25-19)6-5-12-7-15(21)16(22-2)8-14(12)20/h7-9,13,22H,3-6,10-11H2,1-2H3/t13-,19-/m0/s1. The third kappa shape index (κ3) is 3.40. The van der Waals surface area contributed by atoms with Crippen LogP contribution in [0, 0.1) is 17.6 Å². The van der Waals surface area contributed by atoms with Crippen molar-refractivity contribution in [1.29, 1.82) is 0 Å². The first-order valence-corrected chi connectivity index (χ1v) is 8.67. The van der Waals surface area contributed by atoms with E-state index in [1.165, 1.54) is 12.1 Å². The van der Waals surface area contributed by atoms with Gasteiger partial charge in [-0.15, -0.1) is 0 Å². The minimum absolute atomic E-state index is 0.0635. The summed E-state index contributed by atoms with van der Waals surface area (Å²) in [6.45, 7) is 2.13. The molecule has 1 aromatic rings. The van der Waals surface area contributed by atoms with Gasteiger partial charge in [-0.3, -0.25) is 4.79 Å². The fraction of sp³-hybridized carbons (Fsp3) is 0.526. The molecule has 0 aromatic heterocycles. The lowest BCUT2D eigenvalue weighted by Gasteiger charge is -2.34. The molecule has 136 valence electrons. The average Bonchev–Trinajstić information content (AvgIpc) is 2.98. The van der Waals surface area contributed by atoms with Crippen LogP contribution in [0.2, 0.25) is 0 Å². The van der Waals surface area contributed by atoms with Gasteiger partial charge in [0.05, 0.1) is 5.69 Å². The summed E-state index contributed by atoms with van der Waals surface area (Å²) in [5.41, 5.74) is -0.283. The predicted octanol–water partition coefficient (Wildman–Crippen LogP) is 3.96. The Morgan fingerprint density at radius 1 is 1.32 bits per heavy atom. The Kier molecular flexibility index (Phi) is 5.08. The summed E-state index contributed by atoms with van der Waals surface area (Å²) in [4.78, 5) is 12.2. The van der Waals surface area contributed by atoms with Crippen molar-refractivity contribution in [3.63, 3.8) is 0 Å². The molecular formula is C19H23F2NO3. The Bertz CT molecular complexity index is 704. The molecule has 1 aliphatic carbocycles. The number of carbonyl (C=O) groups is 1. The van der Waals surface area contributed by atoms with Crippen LogP contribution in [0.1, 0.15) is 38.2 Å². The smallest absolute Gasteiger partial charge is 0.189 e. The van der Waals surface area contributed by atoms with Crippen LogP contribution in [-0.4, -0.2) is 25.2 Å². The van der Waals surface area contributed by atoms with Crippen molar-refractivity contribution >= 4 is 11.5 Å². The van der Waals surface area contributed by atoms with Crippen LogP contribution in [0.3, 0.4) is 0 Å². The number of halogens is 2. The van der Waals surface area contributed by atoms with Crippen molar-refractivity contribution in [1.82, 2.24) is 0 Å². The Balaban J connectivity index is 1.80. The van der Waals surface area contributed by atoms with Gasteiger partial charge in [0.15, 0.2) is 12.6 Å². The lowest BCUT2D eigenvalue weighted by molar-refractivity contribution is -0.122. The highest BCUT2D eigenvalue weighted by molar-refractivity contribution is 5.93. The molecule has 0 spiro atoms. The van der Waals surface area contributed by atoms with Gasteiger partial charge in [-0.1, -0.05) is 13.3 Å². The summed E-state index contributed by atoms with van der Waals surface area (Å²) < 4.78 is 39.5. The minimum atomic E-state index is -0.710. The van der Waals surface area contributed by atoms with Crippen LogP contribution in [0.25, 0.3) is 0 Å². The number of aryl methyl sites for hydroxylation is 1. The fourth-order valence-corrected chi connectivity index (χ4v) is 3.68. The zero-order valence-corrected chi connectivity index (χ0v) is 14.5. The van der Waals surface area contributed by atoms with Crippen molar-refractivity contribution in [3.05, 3.63) is 41.2 Å². The van der Waals surface area contributed by atoms with Crippen LogP contribution in [0.4, 0.5) is 14.5 Å². The molecule has 1 heterocycles. The number of hydrogen-bond acceptors (Lipinski definition) is 4. The van der Waals surface area contributed by atoms with E-state index in [1.54, 1.807) is 7.05 Å². The number of fused-ring (bicyclic) bond motifs is 1. The van der Waals surface area contributed by atoms with E-state index in [2.05, 4.69) is 5.32 Å². The van der Waals surface area contributed by atoms with E-state index < -0.39 is 17.2 Å². The molecule has 2 atom stereocenters. The maximum Gasteiger partial charge on any atom is 0.189 e. The summed E-state index contributed by atoms with van der Waals surface area (Å²) in [6.07, 6.45) is 4.50. The van der Waals surface area contributed by atoms with Gasteiger partial charge in [0.1, 0.15) is 23.0 Å². The average molecular weight is 351 g/mol. The quantitative estimate of drug-likeness (QED) is 0.843. The van der Waals surface area contributed by atoms with E-state index in [4.69, 9.17) is 9.47 Å². The van der Waals surface area contributed by atoms with Crippen molar-refractivity contribution in [2.45, 2.75) is 44.6 Å². The third-order valence-electron chi connectivity index (χ3n) is 5.09. The SMILES string of the molecule is CCC[C@H]1C[C@]2(CCc3cc(F)c(NC)cc3F)OCOC2=CC1=O. The Labute approximate surface area is 146 Å². The van der Waals surface area contributed by atoms with Crippen LogP contribution < -0.4 is 5.32 Å². The first-order valence-electron chi connectivity index (χ1n) is 8.67. The molecule has 0 amide bonds. The lowest BCUT2D eigenvalue weighted by atomic mass is 9.76. The van der Waals surface area contributed by atoms with Gasteiger partial charge >= 0.3 is 0 Å². The zero-order valence-electron chi connectivity index (χ0n) is 14.5. The summed E-state index contributed by atoms with van der Waals surface area (Å²) in [5.74, 6) is -0.461. The summed E-state index contributed by atoms with van der Waals surface area (Å²) >= 11 is 0. The molecule has 4 nitrogen and oxygen atoms in total. The number of ketones is 1. The molecule has 0 unspecified atom stereocenters. The minimum Gasteiger partial charge on any atom is -0.469 e. The summed E-state index contributed by atoms with van der Waals surface area (Å²) in [7, 11) is 1.55. The molecule has 3 rings (SSSR count). The number of hydrogen-bond donors (Lipinski definition) is 1. The number of carbonyl (C=O) groups excluding carboxylic acids is 1. The number of ether oxygens (including phenoxy) is 2. The molecular weight excluding hydrogens is 328 g/mol. The van der Waals surface area contributed by atoms with Gasteiger partial charge in [0.2, 0.25) is 0 Å². The monoisotopic (exact) mass is 351 g/mol. The van der Waals surface area contributed by atoms with E-state index in [9.17, 15) is 13.6 Å². The topological polar surface area (TPSA) is 47.6 Å². The largest absolute Gasteiger partial charge is 0.469 e. The molecule has 1 saturated heterocycles. The van der Waals surface area contributed by atoms with Crippen molar-refractivity contribution in [2.75, 3.05) is 19.2 Å². The van der Waals surface area contributed by atoms with Gasteiger partial charge in [0, 0.05) is 25.1 Å². The van der Waals surface area contributed by atoms with Crippen LogP contribution in [-0.2, 0) is 20.7 Å². The van der Waals surface area contributed by atoms with E-state index in [1.807, 2.05) is 6.92 Å². The second-order valence-corrected chi connectivity index (χ2v) is 6.67. The van der Waals surface area contributed by atoms with Crippen molar-refractivity contribution in [3.8, 4) is 0 Å². The van der Waals surface area contributed by atoms with E-state index in [0.29, 0.717) is 30.6 Å². The fourth-order valence-electron chi connectivity index (χ4n) is 3.68. The molecule has 1 N–H and O–H groups in total. The van der Waals surface area contributed by atoms with Crippen LogP contribution in [0.5, 0.6) is 0 Å². The molecule has 1 aliphatic heterocycles. The molecule has 2 aliphatic rings. The van der Waals surface area contributed by atoms with Gasteiger partial charge in [-0.2, -0.15) is 0 Å². The zero-order chi connectivity index (χ0) is 18.0. The highest BCUT2D eigenvalue weighted by atomic mass is 19.1. The number of allylic oxidation sites excluding steroid dienone is 1. The number of nitrogens with one attached hydrogen (secondary N) is 1. The molecule has 0 bridgehead atoms. The van der Waals surface area contributed by atoms with E-state index >= 15 is 0 Å². The Hall–Kier alpha value is -1.95. The second kappa shape index (κ2) is 7.12. The number of benzene rings is 1. The molecule has 25 heavy (non-hydrogen) atoms. The maximum atomic E-state index is 14.2. The first-order chi connectivity index (χ1) is 12.0. The molecule has 6 heteroatoms. The molecule has 1 aromatic carbocycles. The van der Waals surface area contributed by atoms with Gasteiger partial charge in [-0.05, 0) is 37.3 Å². The summed E-state index contributed by atoms with van der Waals surface area (Å²) in [5, 5.41) is 2.62. The van der Waals surface area contributed by atoms with Gasteiger partial charge < -0.3 is 14.8 Å². The lowest BCUT2D eigenvalue weighted by Crippen LogP contribution is -2.39. The highest BCUT2D eigenvalue weighted by Gasteiger charge is 2.47. The van der Waals surface area contributed by atoms with E-state index in [-0.39, 0.29) is 24.2 Å². The maximum absolute atomic E-state index is 14.2. The van der Waals surface area contributed by atoms with Crippen molar-refractivity contribution in [2.24, 2.45) is 5.92 Å². The Morgan fingerprint density at radius 3 is 2.84 bits per heavy atom. The van der Waals surface area contributed by atoms with Crippen LogP contribution >= 0.6 is 0 Å². The normalized spacial score (nSPS) is 25.4. The Morgan fingerprint density at radius 2 is 2.12 bits per heavy atom. The van der Waals surface area contributed by atoms with Gasteiger partial charge in [-0.25, -0.2) is 8.78 Å². The van der Waals surface area contributed by atoms with Crippen molar-refractivity contribution < 1.29 is 23.0 Å². The predicted molar refractivity (Wildman–Crippen MR) is 90.1 cm³/mol. The molecule has 1 fully saturated rings. The van der Waals surface area contributed by atoms with E-state index in [0.717, 1.165) is 18.9 Å². The highest BCUT2D eigenvalue weighted by Crippen LogP contribution is 2.43. The molecule has 0 saturated carbocycles. The number of anilines is 1. The van der Waals surface area contributed by atoms with Crippen LogP contribution in [0.15, 0.2) is 24.0 Å². The number of rotatable bonds is 6. The summed E-state index contributed by atoms with van der Waals surface area (Å²) in [6, 6.07) is 2.38. The molecule has 0 radical (unpaired) electrons. The second-order valence-electron chi connectivity index (χ2n) is 6.67. The third-order valence-corrected chi connectivity index (χ3v) is 5.09. The van der Waals surface area contributed by atoms with Gasteiger partial charge in [0.25, 0.3) is 0 Å². The first kappa shape index (κ1) is 17.9.